The maximum absolute atomic E-state index is 11.5. The van der Waals surface area contributed by atoms with Gasteiger partial charge in [-0.15, -0.1) is 0 Å². The number of hydrogen-bond donors (Lipinski definition) is 0. The third-order valence-corrected chi connectivity index (χ3v) is 4.53. The Bertz CT molecular complexity index is 271. The molecule has 3 nitrogen and oxygen atoms in total. The standard InChI is InChI=1S/C14H28O3.13CH4/c1-9-11(15)17-13(5,6)14(7,10-2)12(3,4)16-8;;;;;;;;;;;;;/h9-10H2,1-8H3;13*1H4. The van der Waals surface area contributed by atoms with Crippen LogP contribution in [0.15, 0.2) is 0 Å². The zero-order valence-corrected chi connectivity index (χ0v) is 12.6. The smallest absolute Gasteiger partial charge is 0.306 e. The first-order chi connectivity index (χ1) is 7.58. The zero-order chi connectivity index (χ0) is 13.9. The van der Waals surface area contributed by atoms with E-state index < -0.39 is 5.60 Å². The van der Waals surface area contributed by atoms with Gasteiger partial charge in [-0.25, -0.2) is 0 Å². The highest BCUT2D eigenvalue weighted by molar-refractivity contribution is 5.69. The minimum atomic E-state index is -0.561. The van der Waals surface area contributed by atoms with Crippen LogP contribution in [0.3, 0.4) is 0 Å². The van der Waals surface area contributed by atoms with Gasteiger partial charge in [0.2, 0.25) is 0 Å². The number of rotatable bonds is 6. The van der Waals surface area contributed by atoms with Crippen LogP contribution >= 0.6 is 0 Å². The molecule has 0 aliphatic heterocycles. The van der Waals surface area contributed by atoms with E-state index >= 15 is 0 Å². The molecule has 0 rings (SSSR count). The van der Waals surface area contributed by atoms with Crippen LogP contribution in [-0.4, -0.2) is 24.3 Å². The molecule has 0 saturated carbocycles. The third kappa shape index (κ3) is 20.7. The minimum Gasteiger partial charge on any atom is -0.459 e. The van der Waals surface area contributed by atoms with E-state index in [2.05, 4.69) is 13.8 Å². The van der Waals surface area contributed by atoms with Crippen LogP contribution in [0.5, 0.6) is 0 Å². The number of carbonyl (C=O) groups is 1. The highest BCUT2D eigenvalue weighted by atomic mass is 16.6. The van der Waals surface area contributed by atoms with E-state index in [-0.39, 0.29) is 114 Å². The molecule has 0 aromatic heterocycles. The van der Waals surface area contributed by atoms with Gasteiger partial charge in [-0.1, -0.05) is 117 Å². The van der Waals surface area contributed by atoms with E-state index in [0.717, 1.165) is 6.42 Å². The van der Waals surface area contributed by atoms with Crippen molar-refractivity contribution in [3.8, 4) is 0 Å². The van der Waals surface area contributed by atoms with E-state index in [9.17, 15) is 4.79 Å². The molecule has 1 atom stereocenters. The van der Waals surface area contributed by atoms with Gasteiger partial charge in [0, 0.05) is 18.9 Å². The van der Waals surface area contributed by atoms with Crippen molar-refractivity contribution in [1.82, 2.24) is 0 Å². The fourth-order valence-corrected chi connectivity index (χ4v) is 2.27. The molecule has 0 aliphatic carbocycles. The van der Waals surface area contributed by atoms with Gasteiger partial charge >= 0.3 is 5.97 Å². The monoisotopic (exact) mass is 453 g/mol. The van der Waals surface area contributed by atoms with E-state index in [1.807, 2.05) is 34.6 Å². The highest BCUT2D eigenvalue weighted by Crippen LogP contribution is 2.47. The number of hydrogen-bond acceptors (Lipinski definition) is 3. The Morgan fingerprint density at radius 1 is 0.600 bits per heavy atom. The van der Waals surface area contributed by atoms with Crippen LogP contribution in [0.2, 0.25) is 0 Å². The molecule has 30 heavy (non-hydrogen) atoms. The molecule has 0 bridgehead atoms. The summed E-state index contributed by atoms with van der Waals surface area (Å²) in [5, 5.41) is 0. The summed E-state index contributed by atoms with van der Waals surface area (Å²) in [7, 11) is 1.70. The lowest BCUT2D eigenvalue weighted by Crippen LogP contribution is -2.57. The summed E-state index contributed by atoms with van der Waals surface area (Å²) in [5.41, 5.74) is -1.17. The first kappa shape index (κ1) is 99.9. The lowest BCUT2D eigenvalue weighted by atomic mass is 9.63. The van der Waals surface area contributed by atoms with Gasteiger partial charge in [-0.2, -0.15) is 0 Å². The number of esters is 1. The molecule has 0 amide bonds. The van der Waals surface area contributed by atoms with Crippen molar-refractivity contribution in [2.24, 2.45) is 5.41 Å². The quantitative estimate of drug-likeness (QED) is 0.376. The van der Waals surface area contributed by atoms with E-state index in [1.54, 1.807) is 7.11 Å². The average molecular weight is 453 g/mol. The van der Waals surface area contributed by atoms with Crippen molar-refractivity contribution in [3.05, 3.63) is 0 Å². The SMILES string of the molecule is C.C.C.C.C.C.C.C.C.C.C.C.C.CCC(=O)OC(C)(C)C(C)(CC)C(C)(C)OC. The molecule has 0 aromatic carbocycles. The van der Waals surface area contributed by atoms with Crippen LogP contribution < -0.4 is 0 Å². The van der Waals surface area contributed by atoms with Gasteiger partial charge < -0.3 is 9.47 Å². The van der Waals surface area contributed by atoms with Crippen molar-refractivity contribution in [3.63, 3.8) is 0 Å². The van der Waals surface area contributed by atoms with Crippen LogP contribution in [-0.2, 0) is 14.3 Å². The predicted octanol–water partition coefficient (Wildman–Crippen LogP) is 11.8. The van der Waals surface area contributed by atoms with Crippen molar-refractivity contribution in [2.75, 3.05) is 7.11 Å². The Morgan fingerprint density at radius 2 is 0.867 bits per heavy atom. The Hall–Kier alpha value is -0.570. The minimum absolute atomic E-state index is 0. The zero-order valence-electron chi connectivity index (χ0n) is 12.6. The van der Waals surface area contributed by atoms with Crippen molar-refractivity contribution in [1.29, 1.82) is 0 Å². The normalized spacial score (nSPS) is 9.33. The van der Waals surface area contributed by atoms with Gasteiger partial charge in [0.05, 0.1) is 5.60 Å². The van der Waals surface area contributed by atoms with E-state index in [4.69, 9.17) is 9.47 Å². The van der Waals surface area contributed by atoms with E-state index in [1.165, 1.54) is 0 Å². The molecule has 206 valence electrons. The molecule has 1 unspecified atom stereocenters. The van der Waals surface area contributed by atoms with Gasteiger partial charge in [-0.05, 0) is 34.1 Å². The highest BCUT2D eigenvalue weighted by Gasteiger charge is 2.53. The molecule has 0 aromatic rings. The topological polar surface area (TPSA) is 35.5 Å². The lowest BCUT2D eigenvalue weighted by molar-refractivity contribution is -0.202. The van der Waals surface area contributed by atoms with Crippen LogP contribution in [0.1, 0.15) is 158 Å². The predicted molar refractivity (Wildman–Crippen MR) is 157 cm³/mol. The van der Waals surface area contributed by atoms with Gasteiger partial charge in [-0.3, -0.25) is 4.79 Å². The fraction of sp³-hybridized carbons (Fsp3) is 0.963. The molecule has 0 radical (unpaired) electrons. The van der Waals surface area contributed by atoms with Gasteiger partial charge in [0.15, 0.2) is 0 Å². The van der Waals surface area contributed by atoms with Crippen molar-refractivity contribution < 1.29 is 14.3 Å². The van der Waals surface area contributed by atoms with Gasteiger partial charge in [0.1, 0.15) is 5.60 Å². The first-order valence-corrected chi connectivity index (χ1v) is 6.35. The molecule has 0 aliphatic rings. The maximum Gasteiger partial charge on any atom is 0.306 e. The second-order valence-electron chi connectivity index (χ2n) is 5.74. The summed E-state index contributed by atoms with van der Waals surface area (Å²) in [6, 6.07) is 0. The lowest BCUT2D eigenvalue weighted by Gasteiger charge is -2.51. The second kappa shape index (κ2) is 35.8. The summed E-state index contributed by atoms with van der Waals surface area (Å²) >= 11 is 0. The van der Waals surface area contributed by atoms with Crippen molar-refractivity contribution in [2.45, 2.75) is 169 Å². The summed E-state index contributed by atoms with van der Waals surface area (Å²) in [6.07, 6.45) is 1.27. The molecule has 0 heterocycles. The number of carbonyl (C=O) groups excluding carboxylic acids is 1. The van der Waals surface area contributed by atoms with Crippen LogP contribution in [0, 0.1) is 5.41 Å². The first-order valence-electron chi connectivity index (χ1n) is 6.35. The Kier molecular flexibility index (Phi) is 119. The average Bonchev–Trinajstić information content (AvgIpc) is 2.26. The molecule has 0 saturated heterocycles. The molecule has 0 fully saturated rings. The number of ether oxygens (including phenoxy) is 2. The Balaban J connectivity index is -0.0000000164. The summed E-state index contributed by atoms with van der Waals surface area (Å²) in [4.78, 5) is 11.5. The fourth-order valence-electron chi connectivity index (χ4n) is 2.27. The molecule has 3 heteroatoms. The Morgan fingerprint density at radius 3 is 1.03 bits per heavy atom. The molecule has 0 N–H and O–H groups in total. The maximum atomic E-state index is 11.5. The molecular formula is C27H80O3. The van der Waals surface area contributed by atoms with Crippen LogP contribution in [0.4, 0.5) is 0 Å². The van der Waals surface area contributed by atoms with Crippen molar-refractivity contribution >= 4 is 5.97 Å². The summed E-state index contributed by atoms with van der Waals surface area (Å²) in [6.45, 7) is 14.0. The largest absolute Gasteiger partial charge is 0.459 e. The molecule has 0 spiro atoms. The molecular weight excluding hydrogens is 372 g/mol. The van der Waals surface area contributed by atoms with Gasteiger partial charge in [0.25, 0.3) is 0 Å². The second-order valence-corrected chi connectivity index (χ2v) is 5.74. The third-order valence-electron chi connectivity index (χ3n) is 4.53. The van der Waals surface area contributed by atoms with E-state index in [0.29, 0.717) is 6.42 Å². The summed E-state index contributed by atoms with van der Waals surface area (Å²) < 4.78 is 11.2. The van der Waals surface area contributed by atoms with Crippen LogP contribution in [0.25, 0.3) is 0 Å². The number of methoxy groups -OCH3 is 1. The summed E-state index contributed by atoms with van der Waals surface area (Å²) in [5.74, 6) is -0.165. The Labute approximate surface area is 202 Å².